The molecule has 30 heavy (non-hydrogen) atoms. The van der Waals surface area contributed by atoms with Gasteiger partial charge in [-0.25, -0.2) is 9.97 Å². The number of anilines is 2. The number of thiazole rings is 1. The molecule has 0 amide bonds. The third-order valence-electron chi connectivity index (χ3n) is 5.24. The van der Waals surface area contributed by atoms with Crippen LogP contribution in [0.5, 0.6) is 0 Å². The number of hydrogen-bond donors (Lipinski definition) is 3. The molecule has 4 rings (SSSR count). The molecular formula is C20H26N8OS. The molecule has 158 valence electrons. The molecule has 2 aromatic rings. The lowest BCUT2D eigenvalue weighted by Crippen LogP contribution is -2.38. The van der Waals surface area contributed by atoms with Crippen molar-refractivity contribution in [3.8, 4) is 6.07 Å². The van der Waals surface area contributed by atoms with Crippen molar-refractivity contribution < 1.29 is 4.74 Å². The lowest BCUT2D eigenvalue weighted by Gasteiger charge is -2.28. The van der Waals surface area contributed by atoms with Crippen LogP contribution in [0.4, 0.5) is 10.9 Å². The highest BCUT2D eigenvalue weighted by molar-refractivity contribution is 7.22. The summed E-state index contributed by atoms with van der Waals surface area (Å²) in [5.41, 5.74) is 13.2. The quantitative estimate of drug-likeness (QED) is 0.612. The van der Waals surface area contributed by atoms with E-state index in [1.165, 1.54) is 0 Å². The molecule has 4 heterocycles. The summed E-state index contributed by atoms with van der Waals surface area (Å²) in [5.74, 6) is 1.83. The summed E-state index contributed by atoms with van der Waals surface area (Å²) in [7, 11) is 0. The van der Waals surface area contributed by atoms with E-state index in [-0.39, 0.29) is 5.92 Å². The molecular weight excluding hydrogens is 400 g/mol. The van der Waals surface area contributed by atoms with Gasteiger partial charge in [0.1, 0.15) is 5.82 Å². The predicted molar refractivity (Wildman–Crippen MR) is 119 cm³/mol. The number of rotatable bonds is 5. The number of nitriles is 1. The Morgan fingerprint density at radius 1 is 1.30 bits per heavy atom. The van der Waals surface area contributed by atoms with Gasteiger partial charge in [0.15, 0.2) is 10.9 Å². The fourth-order valence-electron chi connectivity index (χ4n) is 3.60. The highest BCUT2D eigenvalue weighted by Crippen LogP contribution is 2.34. The van der Waals surface area contributed by atoms with E-state index in [1.54, 1.807) is 29.7 Å². The Balaban J connectivity index is 1.50. The summed E-state index contributed by atoms with van der Waals surface area (Å²) < 4.78 is 6.28. The molecule has 2 aromatic heterocycles. The van der Waals surface area contributed by atoms with Gasteiger partial charge in [-0.15, -0.1) is 0 Å². The number of ether oxygens (including phenoxy) is 1. The second kappa shape index (κ2) is 9.19. The van der Waals surface area contributed by atoms with E-state index in [0.717, 1.165) is 54.4 Å². The number of piperidine rings is 1. The van der Waals surface area contributed by atoms with Gasteiger partial charge < -0.3 is 31.3 Å². The van der Waals surface area contributed by atoms with Crippen molar-refractivity contribution in [1.29, 1.82) is 5.26 Å². The first-order valence-electron chi connectivity index (χ1n) is 10.1. The summed E-state index contributed by atoms with van der Waals surface area (Å²) in [6, 6.07) is 4.27. The molecule has 2 aliphatic heterocycles. The van der Waals surface area contributed by atoms with E-state index in [2.05, 4.69) is 26.2 Å². The molecule has 2 saturated heterocycles. The SMILES string of the molecule is N#CC1CCCN(c2nc3ccnc(N/C(N)=C/C=C(\N)N4CCOCC4)c3s2)C1. The molecule has 0 aromatic carbocycles. The van der Waals surface area contributed by atoms with Crippen LogP contribution in [-0.2, 0) is 4.74 Å². The van der Waals surface area contributed by atoms with Crippen molar-refractivity contribution in [3.05, 3.63) is 36.1 Å². The first-order valence-corrected chi connectivity index (χ1v) is 10.9. The van der Waals surface area contributed by atoms with Crippen LogP contribution in [0.3, 0.4) is 0 Å². The van der Waals surface area contributed by atoms with Gasteiger partial charge in [0.2, 0.25) is 0 Å². The van der Waals surface area contributed by atoms with Crippen molar-refractivity contribution in [2.75, 3.05) is 49.6 Å². The van der Waals surface area contributed by atoms with Gasteiger partial charge in [-0.2, -0.15) is 5.26 Å². The molecule has 9 nitrogen and oxygen atoms in total. The number of nitrogens with one attached hydrogen (secondary N) is 1. The molecule has 1 atom stereocenters. The molecule has 0 spiro atoms. The van der Waals surface area contributed by atoms with Crippen molar-refractivity contribution in [2.45, 2.75) is 12.8 Å². The minimum absolute atomic E-state index is 0.0590. The molecule has 10 heteroatoms. The van der Waals surface area contributed by atoms with Crippen LogP contribution in [-0.4, -0.2) is 54.3 Å². The van der Waals surface area contributed by atoms with Crippen LogP contribution < -0.4 is 21.7 Å². The van der Waals surface area contributed by atoms with Crippen molar-refractivity contribution in [2.24, 2.45) is 17.4 Å². The number of allylic oxidation sites excluding steroid dienone is 2. The average Bonchev–Trinajstić information content (AvgIpc) is 3.24. The van der Waals surface area contributed by atoms with E-state index < -0.39 is 0 Å². The zero-order chi connectivity index (χ0) is 20.9. The second-order valence-corrected chi connectivity index (χ2v) is 8.33. The Bertz CT molecular complexity index is 988. The summed E-state index contributed by atoms with van der Waals surface area (Å²) in [5, 5.41) is 13.3. The standard InChI is InChI=1S/C20H26N8OS/c21-12-14-2-1-7-28(13-14)20-25-15-5-6-24-19(18(15)30-20)26-16(22)3-4-17(23)27-8-10-29-11-9-27/h3-6,14H,1-2,7-11,13,22-23H2,(H,24,26)/b16-3+,17-4+. The smallest absolute Gasteiger partial charge is 0.186 e. The van der Waals surface area contributed by atoms with Gasteiger partial charge in [-0.05, 0) is 31.1 Å². The van der Waals surface area contributed by atoms with E-state index in [0.29, 0.717) is 30.7 Å². The maximum atomic E-state index is 9.25. The van der Waals surface area contributed by atoms with Crippen LogP contribution in [0.2, 0.25) is 0 Å². The summed E-state index contributed by atoms with van der Waals surface area (Å²) in [6.45, 7) is 4.55. The zero-order valence-corrected chi connectivity index (χ0v) is 17.6. The van der Waals surface area contributed by atoms with E-state index >= 15 is 0 Å². The van der Waals surface area contributed by atoms with Crippen LogP contribution in [0.1, 0.15) is 12.8 Å². The van der Waals surface area contributed by atoms with Crippen LogP contribution in [0.25, 0.3) is 10.2 Å². The lowest BCUT2D eigenvalue weighted by atomic mass is 10.0. The Morgan fingerprint density at radius 3 is 2.93 bits per heavy atom. The first-order chi connectivity index (χ1) is 14.6. The molecule has 0 saturated carbocycles. The maximum Gasteiger partial charge on any atom is 0.186 e. The van der Waals surface area contributed by atoms with Crippen LogP contribution in [0, 0.1) is 17.2 Å². The molecule has 0 bridgehead atoms. The monoisotopic (exact) mass is 426 g/mol. The molecule has 2 fully saturated rings. The molecule has 5 N–H and O–H groups in total. The number of fused-ring (bicyclic) bond motifs is 1. The second-order valence-electron chi connectivity index (χ2n) is 7.36. The van der Waals surface area contributed by atoms with Crippen LogP contribution in [0.15, 0.2) is 36.1 Å². The number of aromatic nitrogens is 2. The minimum Gasteiger partial charge on any atom is -0.385 e. The maximum absolute atomic E-state index is 9.25. The summed E-state index contributed by atoms with van der Waals surface area (Å²) >= 11 is 1.57. The molecule has 0 radical (unpaired) electrons. The van der Waals surface area contributed by atoms with Gasteiger partial charge in [-0.3, -0.25) is 0 Å². The molecule has 2 aliphatic rings. The van der Waals surface area contributed by atoms with Gasteiger partial charge in [0.25, 0.3) is 0 Å². The third-order valence-corrected chi connectivity index (χ3v) is 6.38. The van der Waals surface area contributed by atoms with E-state index in [4.69, 9.17) is 21.2 Å². The number of nitrogens with two attached hydrogens (primary N) is 2. The summed E-state index contributed by atoms with van der Waals surface area (Å²) in [6.07, 6.45) is 7.21. The van der Waals surface area contributed by atoms with Gasteiger partial charge in [0.05, 0.1) is 41.2 Å². The Labute approximate surface area is 179 Å². The Hall–Kier alpha value is -3.03. The number of nitrogens with zero attached hydrogens (tertiary/aromatic N) is 5. The highest BCUT2D eigenvalue weighted by atomic mass is 32.1. The van der Waals surface area contributed by atoms with Crippen LogP contribution >= 0.6 is 11.3 Å². The van der Waals surface area contributed by atoms with Crippen molar-refractivity contribution >= 4 is 32.5 Å². The largest absolute Gasteiger partial charge is 0.385 e. The highest BCUT2D eigenvalue weighted by Gasteiger charge is 2.22. The first kappa shape index (κ1) is 20.3. The Kier molecular flexibility index (Phi) is 6.21. The van der Waals surface area contributed by atoms with E-state index in [9.17, 15) is 5.26 Å². The zero-order valence-electron chi connectivity index (χ0n) is 16.8. The van der Waals surface area contributed by atoms with Gasteiger partial charge >= 0.3 is 0 Å². The number of morpholine rings is 1. The van der Waals surface area contributed by atoms with E-state index in [1.807, 2.05) is 6.07 Å². The van der Waals surface area contributed by atoms with Crippen molar-refractivity contribution in [3.63, 3.8) is 0 Å². The predicted octanol–water partition coefficient (Wildman–Crippen LogP) is 1.78. The molecule has 1 unspecified atom stereocenters. The topological polar surface area (TPSA) is 129 Å². The number of pyridine rings is 1. The fourth-order valence-corrected chi connectivity index (χ4v) is 4.65. The van der Waals surface area contributed by atoms with Crippen molar-refractivity contribution in [1.82, 2.24) is 14.9 Å². The summed E-state index contributed by atoms with van der Waals surface area (Å²) in [4.78, 5) is 13.5. The fraction of sp³-hybridized carbons (Fsp3) is 0.450. The minimum atomic E-state index is 0.0590. The van der Waals surface area contributed by atoms with Gasteiger partial charge in [0, 0.05) is 32.4 Å². The lowest BCUT2D eigenvalue weighted by molar-refractivity contribution is 0.0530. The molecule has 0 aliphatic carbocycles. The Morgan fingerprint density at radius 2 is 2.13 bits per heavy atom. The number of hydrogen-bond acceptors (Lipinski definition) is 10. The average molecular weight is 427 g/mol. The normalized spacial score (nSPS) is 21.0. The third kappa shape index (κ3) is 4.58. The van der Waals surface area contributed by atoms with Gasteiger partial charge in [-0.1, -0.05) is 11.3 Å².